The van der Waals surface area contributed by atoms with Crippen LogP contribution in [0, 0.1) is 41.5 Å². The molecule has 322 valence electrons. The van der Waals surface area contributed by atoms with Crippen LogP contribution in [0.2, 0.25) is 0 Å². The van der Waals surface area contributed by atoms with Crippen molar-refractivity contribution in [3.05, 3.63) is 226 Å². The van der Waals surface area contributed by atoms with E-state index in [0.717, 1.165) is 22.3 Å². The van der Waals surface area contributed by atoms with Crippen molar-refractivity contribution in [1.29, 1.82) is 0 Å². The summed E-state index contributed by atoms with van der Waals surface area (Å²) in [6.45, 7) is 24.8. The molecule has 9 aromatic rings. The van der Waals surface area contributed by atoms with Gasteiger partial charge in [-0.2, -0.15) is 0 Å². The SMILES string of the molecule is CC.CC.CC.Cc1ccc(-c2ccc3c(=O)c4ccc(-c5ccc(C)cc5)cc4oc3c2)cc1.Cc1ccccc1-c1ccccc1C.Cc1ccccc1-c1ccccc1C. The quantitative estimate of drug-likeness (QED) is 0.165. The molecule has 2 heteroatoms. The van der Waals surface area contributed by atoms with Crippen LogP contribution in [0.1, 0.15) is 74.9 Å². The van der Waals surface area contributed by atoms with Crippen LogP contribution in [0.25, 0.3) is 66.4 Å². The molecule has 0 unspecified atom stereocenters. The van der Waals surface area contributed by atoms with Gasteiger partial charge in [-0.05, 0) is 133 Å². The van der Waals surface area contributed by atoms with Gasteiger partial charge in [0, 0.05) is 0 Å². The largest absolute Gasteiger partial charge is 0.456 e. The van der Waals surface area contributed by atoms with Crippen molar-refractivity contribution < 1.29 is 4.42 Å². The zero-order valence-electron chi connectivity index (χ0n) is 39.6. The standard InChI is InChI=1S/C27H20O2.2C14H14.3C2H6/c1-17-3-7-19(8-4-17)21-11-13-23-25(15-21)29-26-16-22(12-14-24(26)27(23)28)20-9-5-18(2)6-10-20;2*1-11-7-3-5-9-13(11)14-10-6-4-8-12(14)2;3*1-2/h3-16H,1-2H3;2*3-10H,1-2H3;3*1-2H3. The smallest absolute Gasteiger partial charge is 0.200 e. The summed E-state index contributed by atoms with van der Waals surface area (Å²) in [6.07, 6.45) is 0. The highest BCUT2D eigenvalue weighted by Crippen LogP contribution is 2.30. The maximum atomic E-state index is 13.0. The second kappa shape index (κ2) is 24.6. The van der Waals surface area contributed by atoms with Gasteiger partial charge in [0.2, 0.25) is 5.43 Å². The van der Waals surface area contributed by atoms with Crippen LogP contribution >= 0.6 is 0 Å². The molecule has 63 heavy (non-hydrogen) atoms. The molecule has 1 aromatic heterocycles. The van der Waals surface area contributed by atoms with Gasteiger partial charge in [-0.25, -0.2) is 0 Å². The average molecular weight is 831 g/mol. The molecule has 0 bridgehead atoms. The molecule has 0 saturated heterocycles. The Morgan fingerprint density at radius 3 is 0.825 bits per heavy atom. The van der Waals surface area contributed by atoms with E-state index in [1.807, 2.05) is 77.9 Å². The zero-order chi connectivity index (χ0) is 45.9. The van der Waals surface area contributed by atoms with E-state index in [1.54, 1.807) is 0 Å². The zero-order valence-corrected chi connectivity index (χ0v) is 39.6. The lowest BCUT2D eigenvalue weighted by molar-refractivity contribution is 0.660. The summed E-state index contributed by atoms with van der Waals surface area (Å²) in [5.74, 6) is 0. The van der Waals surface area contributed by atoms with E-state index in [9.17, 15) is 4.79 Å². The maximum Gasteiger partial charge on any atom is 0.200 e. The monoisotopic (exact) mass is 831 g/mol. The summed E-state index contributed by atoms with van der Waals surface area (Å²) in [7, 11) is 0. The third-order valence-electron chi connectivity index (χ3n) is 10.6. The van der Waals surface area contributed by atoms with Gasteiger partial charge in [0.25, 0.3) is 0 Å². The lowest BCUT2D eigenvalue weighted by Gasteiger charge is -2.08. The van der Waals surface area contributed by atoms with E-state index in [4.69, 9.17) is 4.42 Å². The van der Waals surface area contributed by atoms with Crippen molar-refractivity contribution in [2.45, 2.75) is 83.1 Å². The van der Waals surface area contributed by atoms with Gasteiger partial charge in [-0.1, -0.05) is 210 Å². The van der Waals surface area contributed by atoms with Crippen LogP contribution in [0.3, 0.4) is 0 Å². The number of benzene rings is 8. The molecule has 0 aliphatic carbocycles. The third-order valence-corrected chi connectivity index (χ3v) is 10.6. The number of hydrogen-bond acceptors (Lipinski definition) is 2. The van der Waals surface area contributed by atoms with Gasteiger partial charge < -0.3 is 4.42 Å². The molecule has 0 saturated carbocycles. The van der Waals surface area contributed by atoms with Crippen molar-refractivity contribution in [3.8, 4) is 44.5 Å². The maximum absolute atomic E-state index is 13.0. The second-order valence-electron chi connectivity index (χ2n) is 14.8. The Bertz CT molecular complexity index is 2580. The summed E-state index contributed by atoms with van der Waals surface area (Å²) in [6, 6.07) is 62.3. The van der Waals surface area contributed by atoms with Crippen molar-refractivity contribution in [2.75, 3.05) is 0 Å². The molecule has 0 radical (unpaired) electrons. The summed E-state index contributed by atoms with van der Waals surface area (Å²) >= 11 is 0. The van der Waals surface area contributed by atoms with Gasteiger partial charge in [0.05, 0.1) is 10.8 Å². The molecular formula is C61H66O2. The van der Waals surface area contributed by atoms with E-state index in [-0.39, 0.29) is 5.43 Å². The Kier molecular flexibility index (Phi) is 19.1. The third kappa shape index (κ3) is 12.6. The van der Waals surface area contributed by atoms with Crippen molar-refractivity contribution >= 4 is 21.9 Å². The summed E-state index contributed by atoms with van der Waals surface area (Å²) < 4.78 is 6.20. The Balaban J connectivity index is 0.000000215. The number of hydrogen-bond donors (Lipinski definition) is 0. The molecule has 9 rings (SSSR count). The predicted octanol–water partition coefficient (Wildman–Crippen LogP) is 17.9. The lowest BCUT2D eigenvalue weighted by Crippen LogP contribution is -2.02. The van der Waals surface area contributed by atoms with E-state index in [0.29, 0.717) is 21.9 Å². The highest BCUT2D eigenvalue weighted by Gasteiger charge is 2.11. The van der Waals surface area contributed by atoms with Crippen LogP contribution in [-0.2, 0) is 0 Å². The van der Waals surface area contributed by atoms with Gasteiger partial charge in [-0.15, -0.1) is 0 Å². The minimum atomic E-state index is 0.00663. The highest BCUT2D eigenvalue weighted by molar-refractivity contribution is 5.93. The predicted molar refractivity (Wildman–Crippen MR) is 277 cm³/mol. The molecule has 0 fully saturated rings. The van der Waals surface area contributed by atoms with Gasteiger partial charge in [0.15, 0.2) is 0 Å². The minimum absolute atomic E-state index is 0.00663. The van der Waals surface area contributed by atoms with E-state index < -0.39 is 0 Å². The number of rotatable bonds is 4. The molecule has 0 aliphatic rings. The summed E-state index contributed by atoms with van der Waals surface area (Å²) in [5.41, 5.74) is 18.6. The van der Waals surface area contributed by atoms with Crippen LogP contribution < -0.4 is 5.43 Å². The summed E-state index contributed by atoms with van der Waals surface area (Å²) in [5, 5.41) is 1.22. The second-order valence-corrected chi connectivity index (χ2v) is 14.8. The number of fused-ring (bicyclic) bond motifs is 2. The fourth-order valence-electron chi connectivity index (χ4n) is 7.20. The number of aryl methyl sites for hydroxylation is 6. The average Bonchev–Trinajstić information content (AvgIpc) is 3.32. The normalized spacial score (nSPS) is 9.97. The molecule has 1 heterocycles. The van der Waals surface area contributed by atoms with Crippen molar-refractivity contribution in [1.82, 2.24) is 0 Å². The molecule has 0 amide bonds. The van der Waals surface area contributed by atoms with Crippen molar-refractivity contribution in [3.63, 3.8) is 0 Å². The Hall–Kier alpha value is -6.77. The van der Waals surface area contributed by atoms with E-state index in [1.165, 1.54) is 55.6 Å². The van der Waals surface area contributed by atoms with Gasteiger partial charge in [-0.3, -0.25) is 4.79 Å². The molecule has 0 spiro atoms. The first-order chi connectivity index (χ1) is 30.7. The van der Waals surface area contributed by atoms with Crippen LogP contribution in [0.4, 0.5) is 0 Å². The fourth-order valence-corrected chi connectivity index (χ4v) is 7.20. The van der Waals surface area contributed by atoms with Crippen LogP contribution in [0.15, 0.2) is 191 Å². The summed E-state index contributed by atoms with van der Waals surface area (Å²) in [4.78, 5) is 13.0. The van der Waals surface area contributed by atoms with E-state index >= 15 is 0 Å². The van der Waals surface area contributed by atoms with Crippen molar-refractivity contribution in [2.24, 2.45) is 0 Å². The van der Waals surface area contributed by atoms with Crippen LogP contribution in [-0.4, -0.2) is 0 Å². The lowest BCUT2D eigenvalue weighted by atomic mass is 9.97. The van der Waals surface area contributed by atoms with E-state index in [2.05, 4.69) is 187 Å². The first-order valence-electron chi connectivity index (χ1n) is 22.5. The highest BCUT2D eigenvalue weighted by atomic mass is 16.3. The minimum Gasteiger partial charge on any atom is -0.456 e. The molecule has 0 aliphatic heterocycles. The molecule has 8 aromatic carbocycles. The Morgan fingerprint density at radius 1 is 0.302 bits per heavy atom. The van der Waals surface area contributed by atoms with Gasteiger partial charge >= 0.3 is 0 Å². The Labute approximate surface area is 378 Å². The molecular weight excluding hydrogens is 765 g/mol. The first-order valence-corrected chi connectivity index (χ1v) is 22.5. The fraction of sp³-hybridized carbons (Fsp3) is 0.197. The van der Waals surface area contributed by atoms with Crippen LogP contribution in [0.5, 0.6) is 0 Å². The molecule has 0 N–H and O–H groups in total. The molecule has 2 nitrogen and oxygen atoms in total. The molecule has 0 atom stereocenters. The van der Waals surface area contributed by atoms with Gasteiger partial charge in [0.1, 0.15) is 11.2 Å². The first kappa shape index (κ1) is 48.9. The topological polar surface area (TPSA) is 30.2 Å². The Morgan fingerprint density at radius 2 is 0.556 bits per heavy atom.